The minimum absolute atomic E-state index is 0.0765. The second kappa shape index (κ2) is 5.24. The van der Waals surface area contributed by atoms with E-state index in [1.54, 1.807) is 7.11 Å². The first kappa shape index (κ1) is 14.5. The molecule has 3 atom stereocenters. The van der Waals surface area contributed by atoms with E-state index in [2.05, 4.69) is 30.0 Å². The number of benzene rings is 1. The molecule has 1 unspecified atom stereocenters. The molecule has 1 aromatic rings. The summed E-state index contributed by atoms with van der Waals surface area (Å²) in [5, 5.41) is 10.3. The number of methoxy groups -OCH3 is 1. The largest absolute Gasteiger partial charge is 0.497 e. The molecule has 1 aliphatic heterocycles. The van der Waals surface area contributed by atoms with Crippen molar-refractivity contribution in [3.63, 3.8) is 0 Å². The van der Waals surface area contributed by atoms with Gasteiger partial charge in [0.05, 0.1) is 13.7 Å². The minimum atomic E-state index is -0.0765. The fraction of sp³-hybridized carbons (Fsp3) is 0.684. The van der Waals surface area contributed by atoms with Crippen LogP contribution in [0.4, 0.5) is 0 Å². The minimum Gasteiger partial charge on any atom is -0.497 e. The third-order valence-electron chi connectivity index (χ3n) is 6.52. The van der Waals surface area contributed by atoms with Crippen molar-refractivity contribution in [1.29, 1.82) is 0 Å². The Bertz CT molecular complexity index is 569. The SMILES string of the molecule is COc1ccc2c(c1)[C@@]1(CO)CCN(CC3CC3)C(C2)[C@@H]1C. The van der Waals surface area contributed by atoms with E-state index in [1.807, 2.05) is 0 Å². The summed E-state index contributed by atoms with van der Waals surface area (Å²) in [5.41, 5.74) is 2.68. The van der Waals surface area contributed by atoms with Crippen molar-refractivity contribution in [2.45, 2.75) is 44.1 Å². The molecular weight excluding hydrogens is 274 g/mol. The molecule has 0 radical (unpaired) electrons. The van der Waals surface area contributed by atoms with Gasteiger partial charge >= 0.3 is 0 Å². The van der Waals surface area contributed by atoms with Gasteiger partial charge in [0.1, 0.15) is 5.75 Å². The number of hydrogen-bond donors (Lipinski definition) is 1. The van der Waals surface area contributed by atoms with Crippen LogP contribution in [0.1, 0.15) is 37.3 Å². The Morgan fingerprint density at radius 2 is 2.18 bits per heavy atom. The van der Waals surface area contributed by atoms with Gasteiger partial charge in [-0.15, -0.1) is 0 Å². The Hall–Kier alpha value is -1.06. The van der Waals surface area contributed by atoms with Gasteiger partial charge in [0.25, 0.3) is 0 Å². The van der Waals surface area contributed by atoms with Crippen molar-refractivity contribution < 1.29 is 9.84 Å². The number of ether oxygens (including phenoxy) is 1. The third kappa shape index (κ3) is 2.10. The predicted octanol–water partition coefficient (Wildman–Crippen LogP) is 2.60. The summed E-state index contributed by atoms with van der Waals surface area (Å²) < 4.78 is 5.43. The van der Waals surface area contributed by atoms with E-state index in [4.69, 9.17) is 4.74 Å². The summed E-state index contributed by atoms with van der Waals surface area (Å²) in [7, 11) is 1.72. The van der Waals surface area contributed by atoms with E-state index in [9.17, 15) is 5.11 Å². The predicted molar refractivity (Wildman–Crippen MR) is 87.3 cm³/mol. The van der Waals surface area contributed by atoms with Crippen molar-refractivity contribution in [3.8, 4) is 5.75 Å². The molecule has 1 N–H and O–H groups in total. The zero-order valence-electron chi connectivity index (χ0n) is 13.7. The summed E-state index contributed by atoms with van der Waals surface area (Å²) in [5.74, 6) is 2.35. The molecule has 2 aliphatic carbocycles. The van der Waals surface area contributed by atoms with Crippen molar-refractivity contribution in [3.05, 3.63) is 29.3 Å². The molecule has 2 fully saturated rings. The second-order valence-corrected chi connectivity index (χ2v) is 7.59. The smallest absolute Gasteiger partial charge is 0.119 e. The van der Waals surface area contributed by atoms with Crippen LogP contribution in [0.25, 0.3) is 0 Å². The molecule has 0 spiro atoms. The Kier molecular flexibility index (Phi) is 3.46. The highest BCUT2D eigenvalue weighted by atomic mass is 16.5. The maximum atomic E-state index is 10.3. The van der Waals surface area contributed by atoms with Crippen molar-refractivity contribution in [2.75, 3.05) is 26.8 Å². The quantitative estimate of drug-likeness (QED) is 0.928. The average Bonchev–Trinajstić information content (AvgIpc) is 3.35. The van der Waals surface area contributed by atoms with Gasteiger partial charge in [-0.2, -0.15) is 0 Å². The summed E-state index contributed by atoms with van der Waals surface area (Å²) in [6, 6.07) is 7.05. The average molecular weight is 301 g/mol. The molecule has 1 aromatic carbocycles. The number of rotatable bonds is 4. The van der Waals surface area contributed by atoms with Crippen LogP contribution in [-0.2, 0) is 11.8 Å². The molecule has 1 saturated heterocycles. The molecule has 3 heteroatoms. The zero-order chi connectivity index (χ0) is 15.3. The van der Waals surface area contributed by atoms with Crippen LogP contribution >= 0.6 is 0 Å². The van der Waals surface area contributed by atoms with Crippen molar-refractivity contribution >= 4 is 0 Å². The van der Waals surface area contributed by atoms with E-state index in [0.29, 0.717) is 12.0 Å². The monoisotopic (exact) mass is 301 g/mol. The van der Waals surface area contributed by atoms with E-state index in [-0.39, 0.29) is 12.0 Å². The van der Waals surface area contributed by atoms with Gasteiger partial charge in [0, 0.05) is 18.0 Å². The van der Waals surface area contributed by atoms with Gasteiger partial charge in [-0.25, -0.2) is 0 Å². The van der Waals surface area contributed by atoms with Gasteiger partial charge in [0.2, 0.25) is 0 Å². The van der Waals surface area contributed by atoms with E-state index in [0.717, 1.165) is 31.1 Å². The zero-order valence-corrected chi connectivity index (χ0v) is 13.7. The first-order chi connectivity index (χ1) is 10.7. The van der Waals surface area contributed by atoms with E-state index in [1.165, 1.54) is 30.5 Å². The number of likely N-dealkylation sites (tertiary alicyclic amines) is 1. The molecule has 3 nitrogen and oxygen atoms in total. The normalized spacial score (nSPS) is 34.3. The highest BCUT2D eigenvalue weighted by Crippen LogP contribution is 2.50. The number of piperidine rings is 1. The lowest BCUT2D eigenvalue weighted by Crippen LogP contribution is -2.60. The fourth-order valence-corrected chi connectivity index (χ4v) is 4.82. The highest BCUT2D eigenvalue weighted by Gasteiger charge is 2.51. The number of fused-ring (bicyclic) bond motifs is 4. The molecule has 0 aromatic heterocycles. The number of aliphatic hydroxyl groups is 1. The van der Waals surface area contributed by atoms with Gasteiger partial charge in [-0.05, 0) is 67.3 Å². The molecule has 4 rings (SSSR count). The Balaban J connectivity index is 1.73. The highest BCUT2D eigenvalue weighted by molar-refractivity contribution is 5.45. The number of aliphatic hydroxyl groups excluding tert-OH is 1. The van der Waals surface area contributed by atoms with Gasteiger partial charge in [0.15, 0.2) is 0 Å². The van der Waals surface area contributed by atoms with Crippen LogP contribution in [-0.4, -0.2) is 42.9 Å². The Labute approximate surface area is 133 Å². The van der Waals surface area contributed by atoms with Gasteiger partial charge < -0.3 is 9.84 Å². The summed E-state index contributed by atoms with van der Waals surface area (Å²) in [6.45, 7) is 5.00. The van der Waals surface area contributed by atoms with Crippen LogP contribution in [0.2, 0.25) is 0 Å². The lowest BCUT2D eigenvalue weighted by atomic mass is 9.58. The van der Waals surface area contributed by atoms with Gasteiger partial charge in [-0.3, -0.25) is 4.90 Å². The first-order valence-electron chi connectivity index (χ1n) is 8.70. The molecule has 3 aliphatic rings. The number of nitrogens with zero attached hydrogens (tertiary/aromatic N) is 1. The standard InChI is InChI=1S/C19H27NO2/c1-13-18-9-15-5-6-16(22-2)10-17(15)19(13,12-21)7-8-20(18)11-14-3-4-14/h5-6,10,13-14,18,21H,3-4,7-9,11-12H2,1-2H3/t13-,18?,19+/m0/s1. The molecule has 22 heavy (non-hydrogen) atoms. The van der Waals surface area contributed by atoms with Gasteiger partial charge in [-0.1, -0.05) is 13.0 Å². The maximum absolute atomic E-state index is 10.3. The Morgan fingerprint density at radius 3 is 2.86 bits per heavy atom. The molecule has 2 bridgehead atoms. The van der Waals surface area contributed by atoms with Crippen molar-refractivity contribution in [2.24, 2.45) is 11.8 Å². The van der Waals surface area contributed by atoms with Crippen molar-refractivity contribution in [1.82, 2.24) is 4.90 Å². The molecule has 1 saturated carbocycles. The summed E-state index contributed by atoms with van der Waals surface area (Å²) in [4.78, 5) is 2.71. The Morgan fingerprint density at radius 1 is 1.36 bits per heavy atom. The summed E-state index contributed by atoms with van der Waals surface area (Å²) >= 11 is 0. The maximum Gasteiger partial charge on any atom is 0.119 e. The van der Waals surface area contributed by atoms with Crippen LogP contribution in [0.3, 0.4) is 0 Å². The van der Waals surface area contributed by atoms with Crippen LogP contribution in [0, 0.1) is 11.8 Å². The topological polar surface area (TPSA) is 32.7 Å². The summed E-state index contributed by atoms with van der Waals surface area (Å²) in [6.07, 6.45) is 5.01. The molecule has 1 heterocycles. The van der Waals surface area contributed by atoms with Crippen LogP contribution in [0.5, 0.6) is 5.75 Å². The lowest BCUT2D eigenvalue weighted by molar-refractivity contribution is -0.00788. The van der Waals surface area contributed by atoms with Crippen LogP contribution < -0.4 is 4.74 Å². The third-order valence-corrected chi connectivity index (χ3v) is 6.52. The second-order valence-electron chi connectivity index (χ2n) is 7.59. The van der Waals surface area contributed by atoms with E-state index >= 15 is 0 Å². The fourth-order valence-electron chi connectivity index (χ4n) is 4.82. The first-order valence-corrected chi connectivity index (χ1v) is 8.70. The lowest BCUT2D eigenvalue weighted by Gasteiger charge is -2.55. The molecular formula is C19H27NO2. The number of hydrogen-bond acceptors (Lipinski definition) is 3. The van der Waals surface area contributed by atoms with E-state index < -0.39 is 0 Å². The van der Waals surface area contributed by atoms with Crippen LogP contribution in [0.15, 0.2) is 18.2 Å². The molecule has 0 amide bonds. The molecule has 120 valence electrons.